The van der Waals surface area contributed by atoms with Crippen LogP contribution in [0.2, 0.25) is 5.15 Å². The van der Waals surface area contributed by atoms with Crippen molar-refractivity contribution in [2.75, 3.05) is 5.32 Å². The summed E-state index contributed by atoms with van der Waals surface area (Å²) in [6.45, 7) is 6.11. The van der Waals surface area contributed by atoms with Crippen molar-refractivity contribution in [2.24, 2.45) is 0 Å². The van der Waals surface area contributed by atoms with Crippen LogP contribution in [0.4, 0.5) is 5.82 Å². The number of nitrogens with one attached hydrogen (secondary N) is 1. The summed E-state index contributed by atoms with van der Waals surface area (Å²) < 4.78 is 0. The third-order valence-electron chi connectivity index (χ3n) is 2.72. The lowest BCUT2D eigenvalue weighted by atomic mass is 10.2. The molecule has 0 saturated heterocycles. The molecular weight excluding hydrogens is 260 g/mol. The molecule has 0 spiro atoms. The number of hydrogen-bond acceptors (Lipinski definition) is 4. The first kappa shape index (κ1) is 13.7. The number of pyridine rings is 1. The normalized spacial score (nSPS) is 12.5. The van der Waals surface area contributed by atoms with Gasteiger partial charge in [-0.3, -0.25) is 4.98 Å². The molecule has 0 aliphatic carbocycles. The van der Waals surface area contributed by atoms with E-state index in [4.69, 9.17) is 11.6 Å². The zero-order valence-electron chi connectivity index (χ0n) is 11.3. The second kappa shape index (κ2) is 5.97. The lowest BCUT2D eigenvalue weighted by Crippen LogP contribution is -2.11. The van der Waals surface area contributed by atoms with E-state index in [0.717, 1.165) is 17.3 Å². The Hall–Kier alpha value is -1.68. The molecule has 2 aromatic rings. The van der Waals surface area contributed by atoms with Crippen molar-refractivity contribution in [1.82, 2.24) is 15.0 Å². The van der Waals surface area contributed by atoms with Gasteiger partial charge in [0.1, 0.15) is 16.8 Å². The third kappa shape index (κ3) is 3.64. The molecule has 0 amide bonds. The van der Waals surface area contributed by atoms with Crippen molar-refractivity contribution < 1.29 is 0 Å². The molecule has 0 bridgehead atoms. The Balaban J connectivity index is 2.19. The molecular formula is C14H17ClN4. The minimum Gasteiger partial charge on any atom is -0.362 e. The Morgan fingerprint density at radius 1 is 1.16 bits per heavy atom. The van der Waals surface area contributed by atoms with Gasteiger partial charge in [-0.2, -0.15) is 0 Å². The maximum absolute atomic E-state index is 6.02. The fourth-order valence-electron chi connectivity index (χ4n) is 1.70. The van der Waals surface area contributed by atoms with Crippen molar-refractivity contribution >= 4 is 17.4 Å². The highest BCUT2D eigenvalue weighted by Crippen LogP contribution is 2.20. The summed E-state index contributed by atoms with van der Waals surface area (Å²) in [6, 6.07) is 7.63. The van der Waals surface area contributed by atoms with E-state index in [-0.39, 0.29) is 12.0 Å². The summed E-state index contributed by atoms with van der Waals surface area (Å²) in [5.74, 6) is 1.70. The van der Waals surface area contributed by atoms with Gasteiger partial charge in [-0.15, -0.1) is 0 Å². The van der Waals surface area contributed by atoms with Gasteiger partial charge in [0.2, 0.25) is 0 Å². The van der Waals surface area contributed by atoms with E-state index in [1.165, 1.54) is 0 Å². The second-order valence-corrected chi connectivity index (χ2v) is 5.10. The molecule has 0 aromatic carbocycles. The second-order valence-electron chi connectivity index (χ2n) is 4.71. The highest BCUT2D eigenvalue weighted by molar-refractivity contribution is 6.29. The van der Waals surface area contributed by atoms with Gasteiger partial charge in [0.15, 0.2) is 0 Å². The number of rotatable bonds is 4. The number of halogens is 1. The number of hydrogen-bond donors (Lipinski definition) is 1. The summed E-state index contributed by atoms with van der Waals surface area (Å²) in [6.07, 6.45) is 1.78. The summed E-state index contributed by atoms with van der Waals surface area (Å²) in [4.78, 5) is 13.0. The summed E-state index contributed by atoms with van der Waals surface area (Å²) in [5, 5.41) is 3.75. The Kier molecular flexibility index (Phi) is 4.32. The molecule has 2 rings (SSSR count). The standard InChI is InChI=1S/C14H17ClN4/c1-9(2)14-18-12(15)8-13(19-14)17-10(3)11-6-4-5-7-16-11/h4-10H,1-3H3,(H,17,18,19). The van der Waals surface area contributed by atoms with Crippen molar-refractivity contribution in [1.29, 1.82) is 0 Å². The van der Waals surface area contributed by atoms with Gasteiger partial charge in [0, 0.05) is 18.2 Å². The van der Waals surface area contributed by atoms with E-state index < -0.39 is 0 Å². The zero-order valence-corrected chi connectivity index (χ0v) is 12.0. The quantitative estimate of drug-likeness (QED) is 0.863. The molecule has 5 heteroatoms. The van der Waals surface area contributed by atoms with Gasteiger partial charge < -0.3 is 5.32 Å². The minimum atomic E-state index is 0.0622. The van der Waals surface area contributed by atoms with Crippen LogP contribution < -0.4 is 5.32 Å². The fourth-order valence-corrected chi connectivity index (χ4v) is 1.89. The minimum absolute atomic E-state index is 0.0622. The number of anilines is 1. The summed E-state index contributed by atoms with van der Waals surface area (Å²) in [5.41, 5.74) is 0.961. The predicted octanol–water partition coefficient (Wildman–Crippen LogP) is 3.82. The van der Waals surface area contributed by atoms with Crippen molar-refractivity contribution in [3.8, 4) is 0 Å². The molecule has 0 fully saturated rings. The fraction of sp³-hybridized carbons (Fsp3) is 0.357. The van der Waals surface area contributed by atoms with Crippen LogP contribution in [0.1, 0.15) is 44.2 Å². The first-order chi connectivity index (χ1) is 9.06. The molecule has 2 aromatic heterocycles. The third-order valence-corrected chi connectivity index (χ3v) is 2.92. The topological polar surface area (TPSA) is 50.7 Å². The molecule has 1 N–H and O–H groups in total. The van der Waals surface area contributed by atoms with Gasteiger partial charge >= 0.3 is 0 Å². The molecule has 1 unspecified atom stereocenters. The van der Waals surface area contributed by atoms with Crippen molar-refractivity contribution in [2.45, 2.75) is 32.7 Å². The largest absolute Gasteiger partial charge is 0.362 e. The molecule has 19 heavy (non-hydrogen) atoms. The van der Waals surface area contributed by atoms with E-state index in [1.807, 2.05) is 39.0 Å². The molecule has 4 nitrogen and oxygen atoms in total. The van der Waals surface area contributed by atoms with Crippen LogP contribution >= 0.6 is 11.6 Å². The zero-order chi connectivity index (χ0) is 13.8. The molecule has 100 valence electrons. The average molecular weight is 277 g/mol. The van der Waals surface area contributed by atoms with Crippen LogP contribution in [0.15, 0.2) is 30.5 Å². The van der Waals surface area contributed by atoms with Gasteiger partial charge in [0.05, 0.1) is 11.7 Å². The van der Waals surface area contributed by atoms with Gasteiger partial charge in [-0.1, -0.05) is 31.5 Å². The predicted molar refractivity (Wildman–Crippen MR) is 77.4 cm³/mol. The highest BCUT2D eigenvalue weighted by atomic mass is 35.5. The van der Waals surface area contributed by atoms with Crippen LogP contribution in [-0.4, -0.2) is 15.0 Å². The first-order valence-electron chi connectivity index (χ1n) is 6.28. The van der Waals surface area contributed by atoms with Gasteiger partial charge in [0.25, 0.3) is 0 Å². The monoisotopic (exact) mass is 276 g/mol. The summed E-state index contributed by atoms with van der Waals surface area (Å²) in [7, 11) is 0. The summed E-state index contributed by atoms with van der Waals surface area (Å²) >= 11 is 6.02. The Morgan fingerprint density at radius 3 is 2.58 bits per heavy atom. The van der Waals surface area contributed by atoms with Crippen LogP contribution in [0, 0.1) is 0 Å². The average Bonchev–Trinajstić information content (AvgIpc) is 2.39. The maximum Gasteiger partial charge on any atom is 0.135 e. The molecule has 0 saturated carbocycles. The smallest absolute Gasteiger partial charge is 0.135 e. The van der Waals surface area contributed by atoms with Crippen LogP contribution in [0.5, 0.6) is 0 Å². The Bertz CT molecular complexity index is 542. The van der Waals surface area contributed by atoms with E-state index in [0.29, 0.717) is 5.15 Å². The molecule has 0 radical (unpaired) electrons. The van der Waals surface area contributed by atoms with Gasteiger partial charge in [-0.25, -0.2) is 9.97 Å². The van der Waals surface area contributed by atoms with E-state index in [2.05, 4.69) is 20.3 Å². The highest BCUT2D eigenvalue weighted by Gasteiger charge is 2.10. The SMILES string of the molecule is CC(C)c1nc(Cl)cc(NC(C)c2ccccn2)n1. The van der Waals surface area contributed by atoms with E-state index >= 15 is 0 Å². The lowest BCUT2D eigenvalue weighted by Gasteiger charge is -2.15. The molecule has 2 heterocycles. The van der Waals surface area contributed by atoms with E-state index in [9.17, 15) is 0 Å². The molecule has 0 aliphatic heterocycles. The Labute approximate surface area is 118 Å². The van der Waals surface area contributed by atoms with Crippen molar-refractivity contribution in [3.05, 3.63) is 47.1 Å². The van der Waals surface area contributed by atoms with Gasteiger partial charge in [-0.05, 0) is 19.1 Å². The van der Waals surface area contributed by atoms with Crippen LogP contribution in [0.25, 0.3) is 0 Å². The van der Waals surface area contributed by atoms with Crippen molar-refractivity contribution in [3.63, 3.8) is 0 Å². The Morgan fingerprint density at radius 2 is 1.95 bits per heavy atom. The maximum atomic E-state index is 6.02. The number of aromatic nitrogens is 3. The van der Waals surface area contributed by atoms with Crippen LogP contribution in [-0.2, 0) is 0 Å². The lowest BCUT2D eigenvalue weighted by molar-refractivity contribution is 0.765. The number of nitrogens with zero attached hydrogens (tertiary/aromatic N) is 3. The first-order valence-corrected chi connectivity index (χ1v) is 6.66. The molecule has 0 aliphatic rings. The molecule has 1 atom stereocenters. The van der Waals surface area contributed by atoms with E-state index in [1.54, 1.807) is 12.3 Å². The van der Waals surface area contributed by atoms with Crippen LogP contribution in [0.3, 0.4) is 0 Å².